The van der Waals surface area contributed by atoms with Crippen molar-refractivity contribution in [1.29, 1.82) is 0 Å². The molecular formula is C26H30ClFN4O. The lowest BCUT2D eigenvalue weighted by atomic mass is 9.87. The quantitative estimate of drug-likeness (QED) is 0.527. The van der Waals surface area contributed by atoms with Crippen LogP contribution in [0.3, 0.4) is 0 Å². The van der Waals surface area contributed by atoms with Crippen LogP contribution in [0, 0.1) is 6.92 Å². The molecule has 1 saturated carbocycles. The van der Waals surface area contributed by atoms with Gasteiger partial charge in [0, 0.05) is 37.8 Å². The molecule has 1 aromatic heterocycles. The lowest BCUT2D eigenvalue weighted by molar-refractivity contribution is 0.301. The van der Waals surface area contributed by atoms with Crippen LogP contribution in [0.25, 0.3) is 10.9 Å². The number of aliphatic hydroxyl groups is 1. The summed E-state index contributed by atoms with van der Waals surface area (Å²) in [6.45, 7) is 4.40. The van der Waals surface area contributed by atoms with Crippen molar-refractivity contribution in [3.05, 3.63) is 58.4 Å². The van der Waals surface area contributed by atoms with Gasteiger partial charge in [-0.1, -0.05) is 35.9 Å². The first-order valence-electron chi connectivity index (χ1n) is 11.7. The van der Waals surface area contributed by atoms with E-state index in [0.717, 1.165) is 42.8 Å². The van der Waals surface area contributed by atoms with Crippen molar-refractivity contribution in [3.8, 4) is 0 Å². The van der Waals surface area contributed by atoms with Gasteiger partial charge < -0.3 is 14.9 Å². The van der Waals surface area contributed by atoms with E-state index >= 15 is 4.39 Å². The predicted octanol–water partition coefficient (Wildman–Crippen LogP) is 5.36. The summed E-state index contributed by atoms with van der Waals surface area (Å²) >= 11 is 6.66. The number of aryl methyl sites for hydroxylation is 1. The predicted molar refractivity (Wildman–Crippen MR) is 132 cm³/mol. The number of likely N-dealkylation sites (N-methyl/N-ethyl adjacent to an activating group) is 1. The molecule has 0 bridgehead atoms. The minimum absolute atomic E-state index is 0.0469. The summed E-state index contributed by atoms with van der Waals surface area (Å²) in [5.74, 6) is 1.54. The van der Waals surface area contributed by atoms with E-state index in [2.05, 4.69) is 41.1 Å². The number of rotatable bonds is 6. The van der Waals surface area contributed by atoms with Crippen LogP contribution in [0.15, 0.2) is 36.4 Å². The third kappa shape index (κ3) is 4.26. The van der Waals surface area contributed by atoms with E-state index in [1.807, 2.05) is 24.1 Å². The average Bonchev–Trinajstić information content (AvgIpc) is 3.57. The van der Waals surface area contributed by atoms with Gasteiger partial charge in [-0.2, -0.15) is 0 Å². The maximum Gasteiger partial charge on any atom is 0.170 e. The number of hydrogen-bond acceptors (Lipinski definition) is 5. The zero-order valence-corrected chi connectivity index (χ0v) is 19.9. The highest BCUT2D eigenvalue weighted by atomic mass is 35.5. The van der Waals surface area contributed by atoms with E-state index in [0.29, 0.717) is 35.8 Å². The number of fused-ring (bicyclic) bond motifs is 1. The number of halogens is 2. The van der Waals surface area contributed by atoms with Crippen LogP contribution >= 0.6 is 11.6 Å². The minimum Gasteiger partial charge on any atom is -0.395 e. The molecule has 2 aliphatic rings. The first kappa shape index (κ1) is 22.4. The number of hydrogen-bond donors (Lipinski definition) is 1. The van der Waals surface area contributed by atoms with E-state index in [-0.39, 0.29) is 12.4 Å². The van der Waals surface area contributed by atoms with E-state index in [9.17, 15) is 5.11 Å². The van der Waals surface area contributed by atoms with E-state index in [1.165, 1.54) is 11.1 Å². The van der Waals surface area contributed by atoms with Crippen molar-refractivity contribution in [1.82, 2.24) is 9.97 Å². The summed E-state index contributed by atoms with van der Waals surface area (Å²) in [5.41, 5.74) is 2.81. The second-order valence-electron chi connectivity index (χ2n) is 9.42. The van der Waals surface area contributed by atoms with E-state index in [1.54, 1.807) is 0 Å². The third-order valence-corrected chi connectivity index (χ3v) is 7.40. The summed E-state index contributed by atoms with van der Waals surface area (Å²) in [6.07, 6.45) is 2.96. The van der Waals surface area contributed by atoms with Gasteiger partial charge in [-0.25, -0.2) is 14.4 Å². The molecule has 1 saturated heterocycles. The largest absolute Gasteiger partial charge is 0.395 e. The summed E-state index contributed by atoms with van der Waals surface area (Å²) in [5, 5.41) is 10.7. The van der Waals surface area contributed by atoms with Crippen LogP contribution in [-0.4, -0.2) is 48.4 Å². The number of anilines is 2. The van der Waals surface area contributed by atoms with Crippen molar-refractivity contribution >= 4 is 34.0 Å². The highest BCUT2D eigenvalue weighted by Gasteiger charge is 2.48. The first-order chi connectivity index (χ1) is 15.9. The zero-order valence-electron chi connectivity index (χ0n) is 19.2. The SMILES string of the molecule is Cc1ccccc1C1CCN(c2nc(C3(F)CC3)nc3c(Cl)cc(N(C)CCO)cc23)CC1. The number of benzene rings is 2. The highest BCUT2D eigenvalue weighted by Crippen LogP contribution is 2.49. The van der Waals surface area contributed by atoms with Crippen LogP contribution < -0.4 is 9.80 Å². The lowest BCUT2D eigenvalue weighted by Gasteiger charge is -2.34. The number of aliphatic hydroxyl groups excluding tert-OH is 1. The molecule has 1 aliphatic carbocycles. The second-order valence-corrected chi connectivity index (χ2v) is 9.83. The van der Waals surface area contributed by atoms with Gasteiger partial charge in [-0.3, -0.25) is 0 Å². The molecule has 1 aliphatic heterocycles. The van der Waals surface area contributed by atoms with Gasteiger partial charge in [-0.05, 0) is 61.8 Å². The zero-order chi connectivity index (χ0) is 23.2. The van der Waals surface area contributed by atoms with Crippen LogP contribution in [0.2, 0.25) is 5.02 Å². The number of nitrogens with zero attached hydrogens (tertiary/aromatic N) is 4. The molecule has 0 unspecified atom stereocenters. The fraction of sp³-hybridized carbons (Fsp3) is 0.462. The lowest BCUT2D eigenvalue weighted by Crippen LogP contribution is -2.34. The molecule has 33 heavy (non-hydrogen) atoms. The van der Waals surface area contributed by atoms with Crippen LogP contribution in [0.5, 0.6) is 0 Å². The fourth-order valence-corrected chi connectivity index (χ4v) is 5.14. The number of piperidine rings is 1. The standard InChI is InChI=1S/C26H30ClFN4O/c1-17-5-3-4-6-20(17)18-7-11-32(12-8-18)24-21-15-19(31(2)13-14-33)16-22(27)23(21)29-25(30-24)26(28)9-10-26/h3-6,15-16,18,33H,7-14H2,1-2H3. The monoisotopic (exact) mass is 468 g/mol. The molecule has 1 N–H and O–H groups in total. The summed E-state index contributed by atoms with van der Waals surface area (Å²) in [6, 6.07) is 12.5. The Labute approximate surface area is 199 Å². The topological polar surface area (TPSA) is 52.5 Å². The van der Waals surface area contributed by atoms with Crippen molar-refractivity contribution < 1.29 is 9.50 Å². The fourth-order valence-electron chi connectivity index (χ4n) is 4.88. The van der Waals surface area contributed by atoms with Gasteiger partial charge in [0.15, 0.2) is 11.5 Å². The Morgan fingerprint density at radius 3 is 2.58 bits per heavy atom. The van der Waals surface area contributed by atoms with Crippen molar-refractivity contribution in [3.63, 3.8) is 0 Å². The normalized spacial score (nSPS) is 18.0. The second kappa shape index (κ2) is 8.73. The molecule has 2 fully saturated rings. The summed E-state index contributed by atoms with van der Waals surface area (Å²) < 4.78 is 15.1. The Bertz CT molecular complexity index is 1170. The Morgan fingerprint density at radius 2 is 1.91 bits per heavy atom. The molecule has 7 heteroatoms. The van der Waals surface area contributed by atoms with Crippen molar-refractivity contribution in [2.75, 3.05) is 43.1 Å². The number of alkyl halides is 1. The Balaban J connectivity index is 1.52. The van der Waals surface area contributed by atoms with E-state index in [4.69, 9.17) is 16.6 Å². The minimum atomic E-state index is -1.43. The van der Waals surface area contributed by atoms with Gasteiger partial charge in [0.25, 0.3) is 0 Å². The smallest absolute Gasteiger partial charge is 0.170 e. The van der Waals surface area contributed by atoms with Gasteiger partial charge >= 0.3 is 0 Å². The molecule has 5 nitrogen and oxygen atoms in total. The maximum absolute atomic E-state index is 15.1. The van der Waals surface area contributed by atoms with Gasteiger partial charge in [-0.15, -0.1) is 0 Å². The highest BCUT2D eigenvalue weighted by molar-refractivity contribution is 6.35. The molecule has 2 heterocycles. The molecule has 0 radical (unpaired) electrons. The third-order valence-electron chi connectivity index (χ3n) is 7.11. The molecule has 2 aromatic carbocycles. The average molecular weight is 469 g/mol. The van der Waals surface area contributed by atoms with Gasteiger partial charge in [0.1, 0.15) is 5.82 Å². The van der Waals surface area contributed by atoms with Crippen molar-refractivity contribution in [2.45, 2.75) is 44.2 Å². The molecule has 3 aromatic rings. The Hall–Kier alpha value is -2.44. The summed E-state index contributed by atoms with van der Waals surface area (Å²) in [4.78, 5) is 13.6. The number of aromatic nitrogens is 2. The molecular weight excluding hydrogens is 439 g/mol. The van der Waals surface area contributed by atoms with Crippen LogP contribution in [0.4, 0.5) is 15.9 Å². The molecule has 0 amide bonds. The first-order valence-corrected chi connectivity index (χ1v) is 12.1. The molecule has 0 spiro atoms. The van der Waals surface area contributed by atoms with Crippen LogP contribution in [-0.2, 0) is 5.67 Å². The van der Waals surface area contributed by atoms with Crippen LogP contribution in [0.1, 0.15) is 48.6 Å². The van der Waals surface area contributed by atoms with E-state index < -0.39 is 5.67 Å². The Kier molecular flexibility index (Phi) is 5.91. The van der Waals surface area contributed by atoms with Gasteiger partial charge in [0.2, 0.25) is 0 Å². The molecule has 5 rings (SSSR count). The van der Waals surface area contributed by atoms with Gasteiger partial charge in [0.05, 0.1) is 17.1 Å². The molecule has 174 valence electrons. The van der Waals surface area contributed by atoms with Crippen molar-refractivity contribution in [2.24, 2.45) is 0 Å². The Morgan fingerprint density at radius 1 is 1.18 bits per heavy atom. The summed E-state index contributed by atoms with van der Waals surface area (Å²) in [7, 11) is 1.91. The molecule has 0 atom stereocenters. The maximum atomic E-state index is 15.1.